The molecule has 1 aromatic carbocycles. The second-order valence-electron chi connectivity index (χ2n) is 2.48. The molecule has 0 saturated carbocycles. The lowest BCUT2D eigenvalue weighted by molar-refractivity contribution is 0.502. The maximum Gasteiger partial charge on any atom is 0.189 e. The fourth-order valence-electron chi connectivity index (χ4n) is 0.896. The van der Waals surface area contributed by atoms with E-state index in [9.17, 15) is 4.57 Å². The van der Waals surface area contributed by atoms with Crippen molar-refractivity contribution in [3.63, 3.8) is 0 Å². The van der Waals surface area contributed by atoms with Crippen LogP contribution in [0, 0.1) is 0 Å². The van der Waals surface area contributed by atoms with Gasteiger partial charge in [-0.2, -0.15) is 0 Å². The minimum atomic E-state index is -2.28. The van der Waals surface area contributed by atoms with Gasteiger partial charge in [-0.05, 0) is 12.0 Å². The van der Waals surface area contributed by atoms with Crippen molar-refractivity contribution in [2.75, 3.05) is 6.16 Å². The Labute approximate surface area is 84.8 Å². The van der Waals surface area contributed by atoms with Crippen LogP contribution in [0.2, 0.25) is 0 Å². The van der Waals surface area contributed by atoms with E-state index in [1.165, 1.54) is 0 Å². The highest BCUT2D eigenvalue weighted by Gasteiger charge is 1.94. The second kappa shape index (κ2) is 9.17. The summed E-state index contributed by atoms with van der Waals surface area (Å²) in [6.45, 7) is 0. The zero-order valence-electron chi connectivity index (χ0n) is 7.59. The van der Waals surface area contributed by atoms with Crippen LogP contribution in [0.25, 0.3) is 0 Å². The van der Waals surface area contributed by atoms with Crippen molar-refractivity contribution >= 4 is 16.7 Å². The van der Waals surface area contributed by atoms with Gasteiger partial charge < -0.3 is 9.79 Å². The van der Waals surface area contributed by atoms with Gasteiger partial charge in [-0.1, -0.05) is 30.3 Å². The van der Waals surface area contributed by atoms with E-state index in [1.807, 2.05) is 30.3 Å². The van der Waals surface area contributed by atoms with Gasteiger partial charge >= 0.3 is 0 Å². The molecule has 80 valence electrons. The lowest BCUT2D eigenvalue weighted by atomic mass is 10.2. The van der Waals surface area contributed by atoms with E-state index in [0.29, 0.717) is 12.6 Å². The third kappa shape index (κ3) is 8.21. The van der Waals surface area contributed by atoms with Crippen LogP contribution >= 0.6 is 16.7 Å². The van der Waals surface area contributed by atoms with Crippen molar-refractivity contribution in [1.82, 2.24) is 0 Å². The first kappa shape index (κ1) is 13.6. The fraction of sp³-hybridized carbons (Fsp3) is 0.250. The third-order valence-corrected chi connectivity index (χ3v) is 2.15. The third-order valence-electron chi connectivity index (χ3n) is 1.47. The predicted molar refractivity (Wildman–Crippen MR) is 58.8 cm³/mol. The Morgan fingerprint density at radius 3 is 2.21 bits per heavy atom. The van der Waals surface area contributed by atoms with Crippen molar-refractivity contribution in [2.45, 2.75) is 6.42 Å². The van der Waals surface area contributed by atoms with Crippen molar-refractivity contribution in [2.24, 2.45) is 0 Å². The number of hydrogen-bond acceptors (Lipinski definition) is 2. The van der Waals surface area contributed by atoms with E-state index in [-0.39, 0.29) is 0 Å². The molecule has 0 saturated heterocycles. The van der Waals surface area contributed by atoms with Crippen molar-refractivity contribution in [3.05, 3.63) is 35.9 Å². The van der Waals surface area contributed by atoms with Crippen LogP contribution in [0.1, 0.15) is 5.56 Å². The first-order valence-corrected chi connectivity index (χ1v) is 6.59. The monoisotopic (exact) mass is 236 g/mol. The largest absolute Gasteiger partial charge is 0.348 e. The Bertz CT molecular complexity index is 276. The zero-order valence-corrected chi connectivity index (χ0v) is 9.74. The van der Waals surface area contributed by atoms with E-state index in [2.05, 4.69) is 0 Å². The van der Waals surface area contributed by atoms with E-state index in [1.54, 1.807) is 0 Å². The van der Waals surface area contributed by atoms with Gasteiger partial charge in [-0.3, -0.25) is 9.13 Å². The Morgan fingerprint density at radius 2 is 1.79 bits per heavy atom. The average molecular weight is 236 g/mol. The molecular formula is C8H14O4P2. The van der Waals surface area contributed by atoms with Gasteiger partial charge in [0, 0.05) is 6.16 Å². The number of hydrogen-bond donors (Lipinski definition) is 2. The molecule has 0 aliphatic heterocycles. The summed E-state index contributed by atoms with van der Waals surface area (Å²) >= 11 is 0. The molecule has 0 heterocycles. The van der Waals surface area contributed by atoms with Crippen molar-refractivity contribution in [1.29, 1.82) is 0 Å². The summed E-state index contributed by atoms with van der Waals surface area (Å²) in [4.78, 5) is 15.7. The summed E-state index contributed by atoms with van der Waals surface area (Å²) in [5.41, 5.74) is 1.12. The molecule has 0 spiro atoms. The molecule has 6 heteroatoms. The van der Waals surface area contributed by atoms with Gasteiger partial charge in [0.05, 0.1) is 0 Å². The molecule has 14 heavy (non-hydrogen) atoms. The molecule has 2 N–H and O–H groups in total. The van der Waals surface area contributed by atoms with Crippen molar-refractivity contribution in [3.8, 4) is 0 Å². The van der Waals surface area contributed by atoms with Crippen LogP contribution in [0.3, 0.4) is 0 Å². The Kier molecular flexibility index (Phi) is 8.90. The zero-order chi connectivity index (χ0) is 10.8. The standard InChI is InChI=1S/C8H11O2P.H3O2P/c9-11(10)7-6-8-4-2-1-3-5-8;1-3-2/h1-5,11H,6-7H2,(H,9,10);3H2,(H,1,2). The maximum atomic E-state index is 10.4. The molecular weight excluding hydrogens is 222 g/mol. The predicted octanol–water partition coefficient (Wildman–Crippen LogP) is 1.35. The van der Waals surface area contributed by atoms with Gasteiger partial charge in [0.25, 0.3) is 0 Å². The fourth-order valence-corrected chi connectivity index (χ4v) is 1.40. The topological polar surface area (TPSA) is 74.6 Å². The SMILES string of the molecule is O=[PH2]O.O=[PH](O)CCc1ccccc1. The van der Waals surface area contributed by atoms with Crippen LogP contribution < -0.4 is 0 Å². The molecule has 4 nitrogen and oxygen atoms in total. The smallest absolute Gasteiger partial charge is 0.189 e. The molecule has 0 aliphatic rings. The quantitative estimate of drug-likeness (QED) is 0.776. The lowest BCUT2D eigenvalue weighted by Crippen LogP contribution is -1.86. The number of aryl methyl sites for hydroxylation is 1. The summed E-state index contributed by atoms with van der Waals surface area (Å²) in [6.07, 6.45) is 1.10. The maximum absolute atomic E-state index is 10.4. The summed E-state index contributed by atoms with van der Waals surface area (Å²) in [7, 11) is -3.78. The van der Waals surface area contributed by atoms with Crippen LogP contribution in [-0.2, 0) is 15.6 Å². The molecule has 1 aromatic rings. The van der Waals surface area contributed by atoms with Crippen LogP contribution in [0.5, 0.6) is 0 Å². The average Bonchev–Trinajstić information content (AvgIpc) is 2.18. The Hall–Kier alpha value is -0.400. The van der Waals surface area contributed by atoms with E-state index >= 15 is 0 Å². The van der Waals surface area contributed by atoms with Gasteiger partial charge in [-0.15, -0.1) is 0 Å². The summed E-state index contributed by atoms with van der Waals surface area (Å²) in [6, 6.07) is 9.73. The second-order valence-corrected chi connectivity index (χ2v) is 3.98. The Balaban J connectivity index is 0.000000500. The molecule has 0 aromatic heterocycles. The molecule has 0 fully saturated rings. The van der Waals surface area contributed by atoms with Gasteiger partial charge in [0.1, 0.15) is 0 Å². The molecule has 0 aliphatic carbocycles. The van der Waals surface area contributed by atoms with Gasteiger partial charge in [0.2, 0.25) is 0 Å². The Morgan fingerprint density at radius 1 is 1.29 bits per heavy atom. The van der Waals surface area contributed by atoms with Crippen LogP contribution in [0.4, 0.5) is 0 Å². The molecule has 1 rings (SSSR count). The minimum Gasteiger partial charge on any atom is -0.348 e. The van der Waals surface area contributed by atoms with Crippen LogP contribution in [0.15, 0.2) is 30.3 Å². The van der Waals surface area contributed by atoms with E-state index in [0.717, 1.165) is 5.56 Å². The molecule has 0 bridgehead atoms. The first-order valence-electron chi connectivity index (χ1n) is 4.04. The number of rotatable bonds is 3. The highest BCUT2D eigenvalue weighted by atomic mass is 31.1. The first-order chi connectivity index (χ1) is 6.70. The highest BCUT2D eigenvalue weighted by Crippen LogP contribution is 2.14. The van der Waals surface area contributed by atoms with Crippen LogP contribution in [-0.4, -0.2) is 15.9 Å². The summed E-state index contributed by atoms with van der Waals surface area (Å²) < 4.78 is 18.9. The number of benzene rings is 1. The van der Waals surface area contributed by atoms with Gasteiger partial charge in [-0.25, -0.2) is 0 Å². The molecule has 2 atom stereocenters. The van der Waals surface area contributed by atoms with E-state index < -0.39 is 16.7 Å². The highest BCUT2D eigenvalue weighted by molar-refractivity contribution is 7.37. The molecule has 0 amide bonds. The molecule has 0 radical (unpaired) electrons. The summed E-state index contributed by atoms with van der Waals surface area (Å²) in [5.74, 6) is 0. The lowest BCUT2D eigenvalue weighted by Gasteiger charge is -1.96. The normalized spacial score (nSPS) is 12.1. The molecule has 2 unspecified atom stereocenters. The van der Waals surface area contributed by atoms with Gasteiger partial charge in [0.15, 0.2) is 16.7 Å². The van der Waals surface area contributed by atoms with Crippen molar-refractivity contribution < 1.29 is 18.9 Å². The van der Waals surface area contributed by atoms with E-state index in [4.69, 9.17) is 14.4 Å². The minimum absolute atomic E-state index is 0.397. The summed E-state index contributed by atoms with van der Waals surface area (Å²) in [5, 5.41) is 0.